The normalized spacial score (nSPS) is 9.00. The fourth-order valence-corrected chi connectivity index (χ4v) is 0.750. The maximum atomic E-state index is 2.22. The van der Waals surface area contributed by atoms with Crippen molar-refractivity contribution in [1.29, 1.82) is 0 Å². The van der Waals surface area contributed by atoms with Crippen molar-refractivity contribution in [2.75, 3.05) is 19.6 Å². The summed E-state index contributed by atoms with van der Waals surface area (Å²) >= 11 is 0. The van der Waals surface area contributed by atoms with Crippen molar-refractivity contribution in [3.8, 4) is 0 Å². The number of hydrogen-bond acceptors (Lipinski definition) is 0. The van der Waals surface area contributed by atoms with Crippen LogP contribution >= 0.6 is 0 Å². The van der Waals surface area contributed by atoms with Gasteiger partial charge in [-0.3, -0.25) is 0 Å². The molecule has 1 nitrogen and oxygen atoms in total. The van der Waals surface area contributed by atoms with Crippen LogP contribution in [0.15, 0.2) is 0 Å². The minimum atomic E-state index is 0. The molecule has 0 atom stereocenters. The van der Waals surface area contributed by atoms with Gasteiger partial charge in [0.2, 0.25) is 0 Å². The summed E-state index contributed by atoms with van der Waals surface area (Å²) < 4.78 is 0. The molecule has 0 fully saturated rings. The van der Waals surface area contributed by atoms with Gasteiger partial charge < -0.3 is 4.90 Å². The molecule has 0 aromatic heterocycles. The third-order valence-electron chi connectivity index (χ3n) is 1.50. The third kappa shape index (κ3) is 4.91. The first-order chi connectivity index (χ1) is 3.35. The molecule has 0 aromatic carbocycles. The molecule has 0 rings (SSSR count). The molecule has 0 aliphatic rings. The van der Waals surface area contributed by atoms with E-state index < -0.39 is 0 Å². The first kappa shape index (κ1) is 11.5. The van der Waals surface area contributed by atoms with Crippen LogP contribution in [0.1, 0.15) is 20.8 Å². The quantitative estimate of drug-likeness (QED) is 0.615. The summed E-state index contributed by atoms with van der Waals surface area (Å²) in [5, 5.41) is 0. The van der Waals surface area contributed by atoms with E-state index in [0.717, 1.165) is 0 Å². The average molecular weight is 221 g/mol. The average Bonchev–Trinajstić information content (AvgIpc) is 1.72. The second kappa shape index (κ2) is 7.76. The monoisotopic (exact) mass is 222 g/mol. The summed E-state index contributed by atoms with van der Waals surface area (Å²) in [4.78, 5) is 1.68. The molecular formula is C6H16NSn+5. The van der Waals surface area contributed by atoms with E-state index in [4.69, 9.17) is 0 Å². The van der Waals surface area contributed by atoms with Gasteiger partial charge in [0.05, 0.1) is 19.6 Å². The second-order valence-corrected chi connectivity index (χ2v) is 1.81. The molecule has 8 heavy (non-hydrogen) atoms. The largest absolute Gasteiger partial charge is 4.00 e. The summed E-state index contributed by atoms with van der Waals surface area (Å²) in [6.07, 6.45) is 0. The standard InChI is InChI=1S/C6H15N.Sn/c1-4-7(5-2)6-3;/h4-6H2,1-3H3;/q;+4/p+1. The van der Waals surface area contributed by atoms with Crippen LogP contribution in [0.3, 0.4) is 0 Å². The maximum Gasteiger partial charge on any atom is 4.00 e. The molecular weight excluding hydrogens is 205 g/mol. The Labute approximate surface area is 69.4 Å². The van der Waals surface area contributed by atoms with Gasteiger partial charge in [0, 0.05) is 0 Å². The molecule has 0 saturated carbocycles. The van der Waals surface area contributed by atoms with Gasteiger partial charge in [0.1, 0.15) is 0 Å². The Morgan fingerprint density at radius 1 is 0.875 bits per heavy atom. The Balaban J connectivity index is 0. The fourth-order valence-electron chi connectivity index (χ4n) is 0.750. The summed E-state index contributed by atoms with van der Waals surface area (Å²) in [6.45, 7) is 10.5. The second-order valence-electron chi connectivity index (χ2n) is 1.81. The zero-order chi connectivity index (χ0) is 5.70. The number of quaternary nitrogens is 1. The van der Waals surface area contributed by atoms with E-state index in [1.165, 1.54) is 19.6 Å². The molecule has 2 heteroatoms. The predicted octanol–water partition coefficient (Wildman–Crippen LogP) is -0.450. The van der Waals surface area contributed by atoms with Crippen molar-refractivity contribution < 1.29 is 4.90 Å². The van der Waals surface area contributed by atoms with Crippen molar-refractivity contribution in [1.82, 2.24) is 0 Å². The molecule has 0 bridgehead atoms. The Kier molecular flexibility index (Phi) is 11.2. The van der Waals surface area contributed by atoms with Crippen LogP contribution in [0.5, 0.6) is 0 Å². The van der Waals surface area contributed by atoms with Gasteiger partial charge in [0.25, 0.3) is 0 Å². The molecule has 0 aliphatic heterocycles. The van der Waals surface area contributed by atoms with Crippen molar-refractivity contribution in [2.45, 2.75) is 20.8 Å². The van der Waals surface area contributed by atoms with Crippen LogP contribution in [0.4, 0.5) is 0 Å². The molecule has 0 saturated heterocycles. The van der Waals surface area contributed by atoms with Crippen LogP contribution in [-0.2, 0) is 0 Å². The Hall–Kier alpha value is 0.759. The molecule has 0 spiro atoms. The summed E-state index contributed by atoms with van der Waals surface area (Å²) in [6, 6.07) is 0. The Morgan fingerprint density at radius 3 is 1.12 bits per heavy atom. The van der Waals surface area contributed by atoms with Crippen LogP contribution in [0, 0.1) is 0 Å². The van der Waals surface area contributed by atoms with Crippen LogP contribution in [-0.4, -0.2) is 43.5 Å². The van der Waals surface area contributed by atoms with E-state index in [1.54, 1.807) is 4.90 Å². The third-order valence-corrected chi connectivity index (χ3v) is 1.50. The van der Waals surface area contributed by atoms with Gasteiger partial charge in [-0.05, 0) is 20.8 Å². The zero-order valence-corrected chi connectivity index (χ0v) is 8.98. The minimum Gasteiger partial charge on any atom is -0.336 e. The van der Waals surface area contributed by atoms with Crippen molar-refractivity contribution >= 4 is 23.9 Å². The zero-order valence-electron chi connectivity index (χ0n) is 6.12. The molecule has 0 aliphatic carbocycles. The first-order valence-electron chi connectivity index (χ1n) is 3.18. The summed E-state index contributed by atoms with van der Waals surface area (Å²) in [5.74, 6) is 0. The van der Waals surface area contributed by atoms with Gasteiger partial charge in [-0.25, -0.2) is 0 Å². The maximum absolute atomic E-state index is 2.22. The van der Waals surface area contributed by atoms with Crippen molar-refractivity contribution in [2.24, 2.45) is 0 Å². The molecule has 44 valence electrons. The molecule has 0 amide bonds. The molecule has 1 N–H and O–H groups in total. The van der Waals surface area contributed by atoms with E-state index in [1.807, 2.05) is 0 Å². The Morgan fingerprint density at radius 2 is 1.12 bits per heavy atom. The van der Waals surface area contributed by atoms with E-state index in [9.17, 15) is 0 Å². The van der Waals surface area contributed by atoms with Crippen molar-refractivity contribution in [3.63, 3.8) is 0 Å². The topological polar surface area (TPSA) is 4.44 Å². The van der Waals surface area contributed by atoms with E-state index in [-0.39, 0.29) is 23.9 Å². The number of hydrogen-bond donors (Lipinski definition) is 1. The van der Waals surface area contributed by atoms with Gasteiger partial charge in [-0.1, -0.05) is 0 Å². The van der Waals surface area contributed by atoms with Gasteiger partial charge in [0.15, 0.2) is 0 Å². The minimum absolute atomic E-state index is 0. The smallest absolute Gasteiger partial charge is 0.336 e. The molecule has 0 heterocycles. The van der Waals surface area contributed by atoms with Crippen LogP contribution in [0.2, 0.25) is 0 Å². The number of rotatable bonds is 3. The van der Waals surface area contributed by atoms with Crippen LogP contribution < -0.4 is 4.90 Å². The molecule has 0 aromatic rings. The van der Waals surface area contributed by atoms with E-state index in [2.05, 4.69) is 20.8 Å². The van der Waals surface area contributed by atoms with Crippen molar-refractivity contribution in [3.05, 3.63) is 0 Å². The summed E-state index contributed by atoms with van der Waals surface area (Å²) in [7, 11) is 0. The number of nitrogens with one attached hydrogen (secondary N) is 1. The van der Waals surface area contributed by atoms with Gasteiger partial charge in [-0.2, -0.15) is 0 Å². The van der Waals surface area contributed by atoms with E-state index >= 15 is 0 Å². The predicted molar refractivity (Wildman–Crippen MR) is 38.3 cm³/mol. The van der Waals surface area contributed by atoms with Gasteiger partial charge >= 0.3 is 23.9 Å². The fraction of sp³-hybridized carbons (Fsp3) is 1.00. The van der Waals surface area contributed by atoms with Gasteiger partial charge in [-0.15, -0.1) is 0 Å². The van der Waals surface area contributed by atoms with Crippen LogP contribution in [0.25, 0.3) is 0 Å². The Bertz CT molecular complexity index is 30.0. The summed E-state index contributed by atoms with van der Waals surface area (Å²) in [5.41, 5.74) is 0. The molecule has 0 radical (unpaired) electrons. The first-order valence-corrected chi connectivity index (χ1v) is 3.18. The van der Waals surface area contributed by atoms with E-state index in [0.29, 0.717) is 0 Å². The molecule has 0 unspecified atom stereocenters. The SMILES string of the molecule is CC[NH+](CC)CC.[Sn+4].